The van der Waals surface area contributed by atoms with Gasteiger partial charge in [0.15, 0.2) is 0 Å². The minimum atomic E-state index is 0.930. The molecule has 0 N–H and O–H groups in total. The minimum absolute atomic E-state index is 0.930. The van der Waals surface area contributed by atoms with E-state index in [1.807, 2.05) is 18.3 Å². The van der Waals surface area contributed by atoms with Gasteiger partial charge in [-0.1, -0.05) is 0 Å². The van der Waals surface area contributed by atoms with Gasteiger partial charge >= 0.3 is 0 Å². The van der Waals surface area contributed by atoms with Crippen LogP contribution in [0.4, 0.5) is 0 Å². The van der Waals surface area contributed by atoms with Crippen LogP contribution in [0.2, 0.25) is 0 Å². The summed E-state index contributed by atoms with van der Waals surface area (Å²) in [5.41, 5.74) is 2.53. The lowest BCUT2D eigenvalue weighted by Crippen LogP contribution is -2.16. The van der Waals surface area contributed by atoms with Crippen molar-refractivity contribution in [1.82, 2.24) is 14.8 Å². The highest BCUT2D eigenvalue weighted by atomic mass is 32.1. The van der Waals surface area contributed by atoms with Crippen molar-refractivity contribution in [3.63, 3.8) is 0 Å². The van der Waals surface area contributed by atoms with E-state index in [-0.39, 0.29) is 0 Å². The first-order valence-electron chi connectivity index (χ1n) is 6.33. The third-order valence-corrected chi connectivity index (χ3v) is 4.63. The van der Waals surface area contributed by atoms with Crippen LogP contribution in [0.3, 0.4) is 0 Å². The maximum absolute atomic E-state index is 4.51. The van der Waals surface area contributed by atoms with Crippen molar-refractivity contribution in [2.45, 2.75) is 26.6 Å². The van der Waals surface area contributed by atoms with E-state index in [1.54, 1.807) is 11.3 Å². The zero-order valence-electron chi connectivity index (χ0n) is 12.0. The van der Waals surface area contributed by atoms with E-state index in [0.29, 0.717) is 0 Å². The Kier molecular flexibility index (Phi) is 5.10. The van der Waals surface area contributed by atoms with Gasteiger partial charge in [-0.3, -0.25) is 4.90 Å². The Bertz CT molecular complexity index is 516. The van der Waals surface area contributed by atoms with Gasteiger partial charge in [-0.2, -0.15) is 0 Å². The number of aryl methyl sites for hydroxylation is 1. The molecule has 2 rings (SSSR count). The fourth-order valence-corrected chi connectivity index (χ4v) is 3.80. The highest BCUT2D eigenvalue weighted by Crippen LogP contribution is 2.19. The zero-order chi connectivity index (χ0) is 13.8. The van der Waals surface area contributed by atoms with Crippen LogP contribution in [0.25, 0.3) is 0 Å². The Labute approximate surface area is 123 Å². The minimum Gasteiger partial charge on any atom is -0.305 e. The normalized spacial score (nSPS) is 11.7. The quantitative estimate of drug-likeness (QED) is 0.816. The molecule has 3 nitrogen and oxygen atoms in total. The second-order valence-corrected chi connectivity index (χ2v) is 7.15. The second-order valence-electron chi connectivity index (χ2n) is 5.21. The molecule has 2 aromatic heterocycles. The third kappa shape index (κ3) is 4.69. The summed E-state index contributed by atoms with van der Waals surface area (Å²) in [5, 5.41) is 5.57. The van der Waals surface area contributed by atoms with Crippen LogP contribution in [0.1, 0.15) is 21.1 Å². The molecular formula is C14H21N3S2. The van der Waals surface area contributed by atoms with E-state index in [9.17, 15) is 0 Å². The number of thiophene rings is 1. The van der Waals surface area contributed by atoms with E-state index in [0.717, 1.165) is 25.3 Å². The van der Waals surface area contributed by atoms with Crippen molar-refractivity contribution in [3.05, 3.63) is 38.0 Å². The fourth-order valence-electron chi connectivity index (χ4n) is 1.99. The fraction of sp³-hybridized carbons (Fsp3) is 0.500. The highest BCUT2D eigenvalue weighted by molar-refractivity contribution is 7.10. The van der Waals surface area contributed by atoms with Gasteiger partial charge in [-0.05, 0) is 45.1 Å². The smallest absolute Gasteiger partial charge is 0.107 e. The predicted molar refractivity (Wildman–Crippen MR) is 83.7 cm³/mol. The van der Waals surface area contributed by atoms with E-state index < -0.39 is 0 Å². The van der Waals surface area contributed by atoms with Gasteiger partial charge in [-0.25, -0.2) is 4.98 Å². The summed E-state index contributed by atoms with van der Waals surface area (Å²) in [6.45, 7) is 4.99. The van der Waals surface area contributed by atoms with Gasteiger partial charge in [0.1, 0.15) is 5.01 Å². The summed E-state index contributed by atoms with van der Waals surface area (Å²) in [7, 11) is 6.37. The monoisotopic (exact) mass is 295 g/mol. The number of nitrogens with zero attached hydrogens (tertiary/aromatic N) is 3. The van der Waals surface area contributed by atoms with Gasteiger partial charge < -0.3 is 4.90 Å². The lowest BCUT2D eigenvalue weighted by atomic mass is 10.3. The van der Waals surface area contributed by atoms with Crippen LogP contribution in [0, 0.1) is 6.92 Å². The average Bonchev–Trinajstić information content (AvgIpc) is 2.88. The van der Waals surface area contributed by atoms with E-state index in [2.05, 4.69) is 52.8 Å². The Hall–Kier alpha value is -0.750. The molecule has 0 spiro atoms. The Balaban J connectivity index is 1.88. The Morgan fingerprint density at radius 2 is 1.84 bits per heavy atom. The first-order chi connectivity index (χ1) is 9.02. The zero-order valence-corrected chi connectivity index (χ0v) is 13.6. The number of hydrogen-bond donors (Lipinski definition) is 0. The molecule has 0 radical (unpaired) electrons. The molecule has 0 atom stereocenters. The van der Waals surface area contributed by atoms with Crippen LogP contribution >= 0.6 is 22.7 Å². The third-order valence-electron chi connectivity index (χ3n) is 2.70. The summed E-state index contributed by atoms with van der Waals surface area (Å²) in [6, 6.07) is 2.31. The molecule has 0 aliphatic carbocycles. The topological polar surface area (TPSA) is 19.4 Å². The van der Waals surface area contributed by atoms with Crippen molar-refractivity contribution < 1.29 is 0 Å². The lowest BCUT2D eigenvalue weighted by molar-refractivity contribution is 0.321. The maximum Gasteiger partial charge on any atom is 0.107 e. The maximum atomic E-state index is 4.51. The van der Waals surface area contributed by atoms with Gasteiger partial charge in [0.2, 0.25) is 0 Å². The first-order valence-corrected chi connectivity index (χ1v) is 8.09. The van der Waals surface area contributed by atoms with E-state index in [4.69, 9.17) is 0 Å². The summed E-state index contributed by atoms with van der Waals surface area (Å²) < 4.78 is 0. The highest BCUT2D eigenvalue weighted by Gasteiger charge is 2.07. The summed E-state index contributed by atoms with van der Waals surface area (Å²) in [6.07, 6.45) is 0. The van der Waals surface area contributed by atoms with Gasteiger partial charge in [-0.15, -0.1) is 22.7 Å². The van der Waals surface area contributed by atoms with Crippen molar-refractivity contribution >= 4 is 22.7 Å². The summed E-state index contributed by atoms with van der Waals surface area (Å²) in [5.74, 6) is 0. The standard InChI is InChI=1S/C14H21N3S2/c1-11-9-19-14(15-11)8-17(4)7-13-5-12(10-18-13)6-16(2)3/h5,9-10H,6-8H2,1-4H3. The molecule has 0 saturated heterocycles. The summed E-state index contributed by atoms with van der Waals surface area (Å²) in [4.78, 5) is 10.5. The molecule has 0 aromatic carbocycles. The molecule has 0 saturated carbocycles. The largest absolute Gasteiger partial charge is 0.305 e. The first kappa shape index (κ1) is 14.7. The van der Waals surface area contributed by atoms with Crippen LogP contribution in [-0.4, -0.2) is 35.9 Å². The SMILES string of the molecule is Cc1csc(CN(C)Cc2cc(CN(C)C)cs2)n1. The number of hydrogen-bond acceptors (Lipinski definition) is 5. The molecule has 0 unspecified atom stereocenters. The Morgan fingerprint density at radius 1 is 1.05 bits per heavy atom. The lowest BCUT2D eigenvalue weighted by Gasteiger charge is -2.13. The molecule has 5 heteroatoms. The van der Waals surface area contributed by atoms with Crippen molar-refractivity contribution in [2.24, 2.45) is 0 Å². The van der Waals surface area contributed by atoms with E-state index >= 15 is 0 Å². The number of rotatable bonds is 6. The molecule has 0 aliphatic heterocycles. The van der Waals surface area contributed by atoms with Crippen LogP contribution in [0.15, 0.2) is 16.8 Å². The second kappa shape index (κ2) is 6.61. The molecule has 2 aromatic rings. The molecular weight excluding hydrogens is 274 g/mol. The van der Waals surface area contributed by atoms with E-state index in [1.165, 1.54) is 15.4 Å². The van der Waals surface area contributed by atoms with Gasteiger partial charge in [0, 0.05) is 29.0 Å². The van der Waals surface area contributed by atoms with Crippen molar-refractivity contribution in [1.29, 1.82) is 0 Å². The number of aromatic nitrogens is 1. The van der Waals surface area contributed by atoms with Crippen molar-refractivity contribution in [2.75, 3.05) is 21.1 Å². The molecule has 19 heavy (non-hydrogen) atoms. The summed E-state index contributed by atoms with van der Waals surface area (Å²) >= 11 is 3.60. The average molecular weight is 295 g/mol. The molecule has 0 bridgehead atoms. The molecule has 2 heterocycles. The predicted octanol–water partition coefficient (Wildman–Crippen LogP) is 3.21. The van der Waals surface area contributed by atoms with Crippen LogP contribution in [-0.2, 0) is 19.6 Å². The van der Waals surface area contributed by atoms with Gasteiger partial charge in [0.25, 0.3) is 0 Å². The number of thiazole rings is 1. The Morgan fingerprint density at radius 3 is 2.47 bits per heavy atom. The molecule has 0 fully saturated rings. The van der Waals surface area contributed by atoms with Crippen LogP contribution < -0.4 is 0 Å². The molecule has 0 amide bonds. The molecule has 104 valence electrons. The van der Waals surface area contributed by atoms with Crippen molar-refractivity contribution in [3.8, 4) is 0 Å². The molecule has 0 aliphatic rings. The van der Waals surface area contributed by atoms with Gasteiger partial charge in [0.05, 0.1) is 6.54 Å². The van der Waals surface area contributed by atoms with Crippen LogP contribution in [0.5, 0.6) is 0 Å².